The SMILES string of the molecule is c1ccc2c(c1)Cc1cc3c(cc1-2)Cc1cncc2c1N3c1ncccc1C2. The highest BCUT2D eigenvalue weighted by molar-refractivity contribution is 5.90. The lowest BCUT2D eigenvalue weighted by molar-refractivity contribution is 0.960. The second-order valence-corrected chi connectivity index (χ2v) is 7.95. The van der Waals surface area contributed by atoms with Gasteiger partial charge in [0.15, 0.2) is 0 Å². The van der Waals surface area contributed by atoms with E-state index in [0.29, 0.717) is 0 Å². The summed E-state index contributed by atoms with van der Waals surface area (Å²) in [5.41, 5.74) is 13.4. The lowest BCUT2D eigenvalue weighted by Gasteiger charge is -2.38. The third-order valence-electron chi connectivity index (χ3n) is 6.37. The predicted octanol–water partition coefficient (Wildman–Crippen LogP) is 5.33. The molecule has 0 amide bonds. The van der Waals surface area contributed by atoms with Gasteiger partial charge in [-0.2, -0.15) is 0 Å². The molecular formula is C25H17N3. The van der Waals surface area contributed by atoms with Crippen LogP contribution in [0.5, 0.6) is 0 Å². The Kier molecular flexibility index (Phi) is 2.64. The molecule has 2 aromatic carbocycles. The first-order valence-corrected chi connectivity index (χ1v) is 9.81. The minimum Gasteiger partial charge on any atom is -0.294 e. The van der Waals surface area contributed by atoms with E-state index in [4.69, 9.17) is 4.98 Å². The second-order valence-electron chi connectivity index (χ2n) is 7.95. The van der Waals surface area contributed by atoms with Gasteiger partial charge < -0.3 is 0 Å². The van der Waals surface area contributed by atoms with Gasteiger partial charge >= 0.3 is 0 Å². The molecular weight excluding hydrogens is 342 g/mol. The summed E-state index contributed by atoms with van der Waals surface area (Å²) in [7, 11) is 0. The zero-order valence-electron chi connectivity index (χ0n) is 15.3. The molecule has 7 rings (SSSR count). The van der Waals surface area contributed by atoms with E-state index >= 15 is 0 Å². The van der Waals surface area contributed by atoms with E-state index in [-0.39, 0.29) is 0 Å². The third kappa shape index (κ3) is 1.79. The first-order valence-electron chi connectivity index (χ1n) is 9.81. The van der Waals surface area contributed by atoms with Gasteiger partial charge in [-0.3, -0.25) is 9.88 Å². The largest absolute Gasteiger partial charge is 0.294 e. The normalized spacial score (nSPS) is 14.6. The summed E-state index contributed by atoms with van der Waals surface area (Å²) in [5.74, 6) is 1.07. The van der Waals surface area contributed by atoms with Crippen LogP contribution in [0, 0.1) is 0 Å². The summed E-state index contributed by atoms with van der Waals surface area (Å²) in [6.45, 7) is 0. The van der Waals surface area contributed by atoms with Gasteiger partial charge in [-0.25, -0.2) is 4.98 Å². The molecule has 3 aliphatic rings. The molecule has 0 radical (unpaired) electrons. The van der Waals surface area contributed by atoms with Crippen LogP contribution in [0.15, 0.2) is 67.1 Å². The maximum absolute atomic E-state index is 4.78. The quantitative estimate of drug-likeness (QED) is 0.367. The number of hydrogen-bond acceptors (Lipinski definition) is 3. The first kappa shape index (κ1) is 14.6. The highest BCUT2D eigenvalue weighted by Gasteiger charge is 2.34. The predicted molar refractivity (Wildman–Crippen MR) is 111 cm³/mol. The zero-order valence-corrected chi connectivity index (χ0v) is 15.3. The van der Waals surface area contributed by atoms with Gasteiger partial charge in [-0.15, -0.1) is 0 Å². The Morgan fingerprint density at radius 3 is 2.39 bits per heavy atom. The molecule has 2 aromatic heterocycles. The smallest absolute Gasteiger partial charge is 0.141 e. The van der Waals surface area contributed by atoms with Crippen molar-refractivity contribution < 1.29 is 0 Å². The Morgan fingerprint density at radius 1 is 0.679 bits per heavy atom. The van der Waals surface area contributed by atoms with Crippen LogP contribution in [0.4, 0.5) is 17.2 Å². The van der Waals surface area contributed by atoms with Crippen molar-refractivity contribution in [3.8, 4) is 11.1 Å². The molecule has 0 atom stereocenters. The molecule has 4 heterocycles. The van der Waals surface area contributed by atoms with E-state index in [1.165, 1.54) is 55.9 Å². The molecule has 0 unspecified atom stereocenters. The van der Waals surface area contributed by atoms with Crippen molar-refractivity contribution in [1.82, 2.24) is 9.97 Å². The highest BCUT2D eigenvalue weighted by Crippen LogP contribution is 2.51. The summed E-state index contributed by atoms with van der Waals surface area (Å²) in [6.07, 6.45) is 8.81. The summed E-state index contributed by atoms with van der Waals surface area (Å²) in [4.78, 5) is 11.7. The lowest BCUT2D eigenvalue weighted by Crippen LogP contribution is -2.26. The Labute approximate surface area is 163 Å². The third-order valence-corrected chi connectivity index (χ3v) is 6.37. The lowest BCUT2D eigenvalue weighted by atomic mass is 9.88. The van der Waals surface area contributed by atoms with Crippen LogP contribution in [0.25, 0.3) is 11.1 Å². The molecule has 0 fully saturated rings. The molecule has 3 heteroatoms. The number of pyridine rings is 2. The molecule has 2 aliphatic heterocycles. The van der Waals surface area contributed by atoms with E-state index in [0.717, 1.165) is 25.1 Å². The van der Waals surface area contributed by atoms with Crippen LogP contribution >= 0.6 is 0 Å². The van der Waals surface area contributed by atoms with E-state index < -0.39 is 0 Å². The molecule has 28 heavy (non-hydrogen) atoms. The van der Waals surface area contributed by atoms with Crippen molar-refractivity contribution in [2.75, 3.05) is 4.90 Å². The molecule has 0 bridgehead atoms. The van der Waals surface area contributed by atoms with Crippen LogP contribution in [0.3, 0.4) is 0 Å². The summed E-state index contributed by atoms with van der Waals surface area (Å²) < 4.78 is 0. The number of aromatic nitrogens is 2. The Morgan fingerprint density at radius 2 is 1.46 bits per heavy atom. The van der Waals surface area contributed by atoms with Gasteiger partial charge in [0.05, 0.1) is 11.4 Å². The van der Waals surface area contributed by atoms with Gasteiger partial charge in [0.25, 0.3) is 0 Å². The molecule has 3 nitrogen and oxygen atoms in total. The molecule has 0 N–H and O–H groups in total. The summed E-state index contributed by atoms with van der Waals surface area (Å²) >= 11 is 0. The molecule has 0 spiro atoms. The van der Waals surface area contributed by atoms with Crippen molar-refractivity contribution in [2.24, 2.45) is 0 Å². The van der Waals surface area contributed by atoms with Crippen molar-refractivity contribution in [2.45, 2.75) is 19.3 Å². The van der Waals surface area contributed by atoms with Gasteiger partial charge in [0, 0.05) is 31.4 Å². The van der Waals surface area contributed by atoms with Gasteiger partial charge in [-0.1, -0.05) is 30.3 Å². The van der Waals surface area contributed by atoms with Crippen LogP contribution in [-0.4, -0.2) is 9.97 Å². The fraction of sp³-hybridized carbons (Fsp3) is 0.120. The number of nitrogens with zero attached hydrogens (tertiary/aromatic N) is 3. The fourth-order valence-corrected chi connectivity index (χ4v) is 5.18. The summed E-state index contributed by atoms with van der Waals surface area (Å²) in [5, 5.41) is 0. The first-order chi connectivity index (χ1) is 13.9. The molecule has 4 aromatic rings. The number of fused-ring (bicyclic) bond motifs is 7. The molecule has 132 valence electrons. The second kappa shape index (κ2) is 5.08. The van der Waals surface area contributed by atoms with Crippen molar-refractivity contribution in [3.63, 3.8) is 0 Å². The maximum atomic E-state index is 4.78. The van der Waals surface area contributed by atoms with Crippen molar-refractivity contribution in [1.29, 1.82) is 0 Å². The van der Waals surface area contributed by atoms with E-state index in [1.807, 2.05) is 24.7 Å². The Balaban J connectivity index is 1.51. The van der Waals surface area contributed by atoms with Crippen molar-refractivity contribution in [3.05, 3.63) is 101 Å². The van der Waals surface area contributed by atoms with Crippen molar-refractivity contribution >= 4 is 17.2 Å². The number of hydrogen-bond donors (Lipinski definition) is 0. The number of rotatable bonds is 0. The minimum atomic E-state index is 0.904. The molecule has 1 aliphatic carbocycles. The van der Waals surface area contributed by atoms with E-state index in [1.54, 1.807) is 0 Å². The van der Waals surface area contributed by atoms with Gasteiger partial charge in [0.2, 0.25) is 0 Å². The minimum absolute atomic E-state index is 0.904. The molecule has 0 saturated carbocycles. The average molecular weight is 359 g/mol. The average Bonchev–Trinajstić information content (AvgIpc) is 3.09. The number of benzene rings is 2. The zero-order chi connectivity index (χ0) is 18.2. The van der Waals surface area contributed by atoms with E-state index in [9.17, 15) is 0 Å². The highest BCUT2D eigenvalue weighted by atomic mass is 15.2. The molecule has 0 saturated heterocycles. The fourth-order valence-electron chi connectivity index (χ4n) is 5.18. The maximum Gasteiger partial charge on any atom is 0.141 e. The van der Waals surface area contributed by atoms with Crippen LogP contribution in [0.2, 0.25) is 0 Å². The standard InChI is InChI=1S/C25H17N3/c1-2-6-21-15(4-1)8-17-12-23-18(11-22(17)21)10-20-14-26-13-19-9-16-5-3-7-27-25(16)28(23)24(19)20/h1-7,11-14H,8-10H2. The topological polar surface area (TPSA) is 29.0 Å². The number of anilines is 3. The van der Waals surface area contributed by atoms with Crippen LogP contribution in [-0.2, 0) is 19.3 Å². The Bertz CT molecular complexity index is 1310. The van der Waals surface area contributed by atoms with Crippen LogP contribution < -0.4 is 4.90 Å². The Hall–Kier alpha value is -3.46. The van der Waals surface area contributed by atoms with Gasteiger partial charge in [0.1, 0.15) is 5.82 Å². The summed E-state index contributed by atoms with van der Waals surface area (Å²) in [6, 6.07) is 17.8. The van der Waals surface area contributed by atoms with Crippen LogP contribution in [0.1, 0.15) is 33.4 Å². The monoisotopic (exact) mass is 359 g/mol. The van der Waals surface area contributed by atoms with E-state index in [2.05, 4.69) is 52.3 Å². The van der Waals surface area contributed by atoms with Gasteiger partial charge in [-0.05, 0) is 69.1 Å².